The molecule has 0 heterocycles. The molecule has 0 fully saturated rings. The van der Waals surface area contributed by atoms with Crippen molar-refractivity contribution in [1.82, 2.24) is 0 Å². The molecule has 0 saturated carbocycles. The maximum atomic E-state index is 12.6. The van der Waals surface area contributed by atoms with Gasteiger partial charge in [-0.15, -0.1) is 0 Å². The average Bonchev–Trinajstić information content (AvgIpc) is 2.27. The molecule has 140 valence electrons. The van der Waals surface area contributed by atoms with Crippen molar-refractivity contribution >= 4 is 29.4 Å². The summed E-state index contributed by atoms with van der Waals surface area (Å²) < 4.78 is 29.3. The molecule has 23 heavy (non-hydrogen) atoms. The number of rotatable bonds is 11. The fourth-order valence-electron chi connectivity index (χ4n) is 1.51. The van der Waals surface area contributed by atoms with E-state index in [2.05, 4.69) is 20.8 Å². The van der Waals surface area contributed by atoms with Crippen molar-refractivity contribution in [2.75, 3.05) is 12.4 Å². The van der Waals surface area contributed by atoms with E-state index in [4.69, 9.17) is 13.6 Å². The minimum atomic E-state index is -3.49. The van der Waals surface area contributed by atoms with Gasteiger partial charge >= 0.3 is 7.82 Å². The van der Waals surface area contributed by atoms with Crippen molar-refractivity contribution in [2.24, 2.45) is 0 Å². The van der Waals surface area contributed by atoms with Crippen LogP contribution in [0.1, 0.15) is 74.7 Å². The molecule has 0 aromatic heterocycles. The van der Waals surface area contributed by atoms with Crippen LogP contribution >= 0.6 is 29.4 Å². The molecule has 4 nitrogen and oxygen atoms in total. The molecular weight excluding hydrogens is 351 g/mol. The van der Waals surface area contributed by atoms with Crippen LogP contribution in [0.15, 0.2) is 0 Å². The Kier molecular flexibility index (Phi) is 11.1. The lowest BCUT2D eigenvalue weighted by atomic mass is 10.2. The summed E-state index contributed by atoms with van der Waals surface area (Å²) in [5.74, 6) is 1.13. The Morgan fingerprint density at radius 1 is 1.00 bits per heavy atom. The molecular formula is C16H35O4PS2. The predicted molar refractivity (Wildman–Crippen MR) is 104 cm³/mol. The topological polar surface area (TPSA) is 44.8 Å². The molecule has 7 heteroatoms. The van der Waals surface area contributed by atoms with E-state index in [1.807, 2.05) is 56.2 Å². The van der Waals surface area contributed by atoms with Crippen LogP contribution in [0.2, 0.25) is 0 Å². The first-order valence-corrected chi connectivity index (χ1v) is 12.1. The number of unbranched alkanes of at least 4 members (excludes halogenated alkanes) is 2. The first kappa shape index (κ1) is 23.8. The molecule has 0 bridgehead atoms. The normalized spacial score (nSPS) is 15.9. The minimum absolute atomic E-state index is 0.200. The van der Waals surface area contributed by atoms with Crippen molar-refractivity contribution in [3.05, 3.63) is 0 Å². The van der Waals surface area contributed by atoms with Crippen molar-refractivity contribution in [3.63, 3.8) is 0 Å². The van der Waals surface area contributed by atoms with Crippen molar-refractivity contribution in [2.45, 2.75) is 91.1 Å². The van der Waals surface area contributed by atoms with Crippen molar-refractivity contribution in [1.29, 1.82) is 0 Å². The molecule has 0 aromatic rings. The van der Waals surface area contributed by atoms with Gasteiger partial charge in [-0.1, -0.05) is 48.8 Å². The fourth-order valence-corrected chi connectivity index (χ4v) is 5.63. The van der Waals surface area contributed by atoms with Gasteiger partial charge < -0.3 is 0 Å². The number of phosphoric acid groups is 1. The van der Waals surface area contributed by atoms with Gasteiger partial charge in [0.05, 0.1) is 18.3 Å². The smallest absolute Gasteiger partial charge is 0.287 e. The lowest BCUT2D eigenvalue weighted by Crippen LogP contribution is -2.20. The summed E-state index contributed by atoms with van der Waals surface area (Å²) in [6.45, 7) is 16.2. The van der Waals surface area contributed by atoms with Gasteiger partial charge in [0, 0.05) is 10.5 Å². The number of hydrogen-bond donors (Lipinski definition) is 0. The Bertz CT molecular complexity index is 362. The standard InChI is InChI=1S/C16H35O4PS2/c1-14(2)19-21(17,20-15(3,4)5)18-12-10-9-11-13-22-23-16(6,7)8/h14H,9-13H2,1-8H3. The molecule has 0 aromatic carbocycles. The third-order valence-corrected chi connectivity index (χ3v) is 7.53. The second-order valence-electron chi connectivity index (χ2n) is 7.72. The monoisotopic (exact) mass is 386 g/mol. The number of hydrogen-bond acceptors (Lipinski definition) is 6. The Balaban J connectivity index is 3.98. The van der Waals surface area contributed by atoms with Crippen LogP contribution in [-0.2, 0) is 18.1 Å². The van der Waals surface area contributed by atoms with Gasteiger partial charge in [0.1, 0.15) is 0 Å². The van der Waals surface area contributed by atoms with Gasteiger partial charge in [-0.2, -0.15) is 0 Å². The zero-order valence-electron chi connectivity index (χ0n) is 16.0. The lowest BCUT2D eigenvalue weighted by molar-refractivity contribution is 0.0306. The van der Waals surface area contributed by atoms with Crippen molar-refractivity contribution in [3.8, 4) is 0 Å². The van der Waals surface area contributed by atoms with E-state index in [0.29, 0.717) is 11.4 Å². The van der Waals surface area contributed by atoms with Gasteiger partial charge in [-0.3, -0.25) is 13.6 Å². The Morgan fingerprint density at radius 2 is 1.61 bits per heavy atom. The maximum absolute atomic E-state index is 12.6. The maximum Gasteiger partial charge on any atom is 0.475 e. The summed E-state index contributed by atoms with van der Waals surface area (Å²) >= 11 is 0. The van der Waals surface area contributed by atoms with Crippen LogP contribution in [0.4, 0.5) is 0 Å². The van der Waals surface area contributed by atoms with Gasteiger partial charge in [-0.05, 0) is 47.5 Å². The lowest BCUT2D eigenvalue weighted by Gasteiger charge is -2.27. The largest absolute Gasteiger partial charge is 0.475 e. The highest BCUT2D eigenvalue weighted by atomic mass is 33.1. The molecule has 0 rings (SSSR count). The highest BCUT2D eigenvalue weighted by Crippen LogP contribution is 2.53. The zero-order valence-corrected chi connectivity index (χ0v) is 18.5. The van der Waals surface area contributed by atoms with E-state index in [9.17, 15) is 4.57 Å². The summed E-state index contributed by atoms with van der Waals surface area (Å²) in [5, 5.41) is 0. The first-order valence-electron chi connectivity index (χ1n) is 8.27. The second kappa shape index (κ2) is 10.7. The summed E-state index contributed by atoms with van der Waals surface area (Å²) in [6.07, 6.45) is 2.84. The Morgan fingerprint density at radius 3 is 2.09 bits per heavy atom. The molecule has 0 N–H and O–H groups in total. The molecule has 1 atom stereocenters. The molecule has 0 radical (unpaired) electrons. The highest BCUT2D eigenvalue weighted by Gasteiger charge is 2.33. The van der Waals surface area contributed by atoms with E-state index in [1.165, 1.54) is 0 Å². The van der Waals surface area contributed by atoms with E-state index in [1.54, 1.807) is 0 Å². The Labute approximate surface area is 151 Å². The van der Waals surface area contributed by atoms with Gasteiger partial charge in [0.2, 0.25) is 0 Å². The number of phosphoric ester groups is 1. The van der Waals surface area contributed by atoms with Gasteiger partial charge in [-0.25, -0.2) is 4.57 Å². The van der Waals surface area contributed by atoms with Crippen LogP contribution in [0.5, 0.6) is 0 Å². The van der Waals surface area contributed by atoms with E-state index in [-0.39, 0.29) is 6.10 Å². The summed E-state index contributed by atoms with van der Waals surface area (Å²) in [4.78, 5) is 0. The zero-order chi connectivity index (χ0) is 18.1. The molecule has 0 spiro atoms. The quantitative estimate of drug-likeness (QED) is 0.224. The van der Waals surface area contributed by atoms with Crippen LogP contribution < -0.4 is 0 Å². The summed E-state index contributed by atoms with van der Waals surface area (Å²) in [5.41, 5.74) is -0.564. The molecule has 1 unspecified atom stereocenters. The van der Waals surface area contributed by atoms with Crippen LogP contribution in [0.25, 0.3) is 0 Å². The van der Waals surface area contributed by atoms with E-state index in [0.717, 1.165) is 25.0 Å². The molecule has 0 aliphatic carbocycles. The van der Waals surface area contributed by atoms with Gasteiger partial charge in [0.25, 0.3) is 0 Å². The minimum Gasteiger partial charge on any atom is -0.287 e. The summed E-state index contributed by atoms with van der Waals surface area (Å²) in [6, 6.07) is 0. The van der Waals surface area contributed by atoms with Crippen molar-refractivity contribution < 1.29 is 18.1 Å². The first-order chi connectivity index (χ1) is 10.3. The second-order valence-corrected chi connectivity index (χ2v) is 12.5. The van der Waals surface area contributed by atoms with Crippen LogP contribution in [0.3, 0.4) is 0 Å². The summed E-state index contributed by atoms with van der Waals surface area (Å²) in [7, 11) is 0.338. The molecule has 0 aliphatic rings. The van der Waals surface area contributed by atoms with Crippen LogP contribution in [-0.4, -0.2) is 28.8 Å². The predicted octanol–water partition coefficient (Wildman–Crippen LogP) is 6.70. The highest BCUT2D eigenvalue weighted by molar-refractivity contribution is 8.77. The Hall–Kier alpha value is 0.810. The van der Waals surface area contributed by atoms with E-state index >= 15 is 0 Å². The third kappa shape index (κ3) is 16.0. The fraction of sp³-hybridized carbons (Fsp3) is 1.00. The molecule has 0 amide bonds. The molecule has 0 aliphatic heterocycles. The molecule has 0 saturated heterocycles. The van der Waals surface area contributed by atoms with E-state index < -0.39 is 13.4 Å². The van der Waals surface area contributed by atoms with Crippen LogP contribution in [0, 0.1) is 0 Å². The van der Waals surface area contributed by atoms with Gasteiger partial charge in [0.15, 0.2) is 0 Å². The third-order valence-electron chi connectivity index (χ3n) is 2.16. The SMILES string of the molecule is CC(C)OP(=O)(OCCCCCSSC(C)(C)C)OC(C)(C)C. The average molecular weight is 387 g/mol.